The molecular formula is C14H17FN2O3. The summed E-state index contributed by atoms with van der Waals surface area (Å²) in [4.78, 5) is 23.9. The molecule has 6 heteroatoms. The van der Waals surface area contributed by atoms with Gasteiger partial charge in [-0.15, -0.1) is 0 Å². The van der Waals surface area contributed by atoms with Gasteiger partial charge in [0, 0.05) is 17.7 Å². The first kappa shape index (κ1) is 14.5. The predicted molar refractivity (Wildman–Crippen MR) is 70.6 cm³/mol. The molecule has 1 fully saturated rings. The van der Waals surface area contributed by atoms with Gasteiger partial charge in [0.1, 0.15) is 11.9 Å². The van der Waals surface area contributed by atoms with E-state index in [0.29, 0.717) is 18.5 Å². The number of primary amides is 1. The first-order valence-electron chi connectivity index (χ1n) is 6.54. The summed E-state index contributed by atoms with van der Waals surface area (Å²) >= 11 is 0. The molecule has 1 aliphatic heterocycles. The molecule has 20 heavy (non-hydrogen) atoms. The molecule has 1 saturated heterocycles. The van der Waals surface area contributed by atoms with E-state index in [1.165, 1.54) is 12.1 Å². The Balaban J connectivity index is 2.16. The molecule has 5 nitrogen and oxygen atoms in total. The molecule has 0 spiro atoms. The van der Waals surface area contributed by atoms with Crippen molar-refractivity contribution in [2.75, 3.05) is 6.54 Å². The summed E-state index contributed by atoms with van der Waals surface area (Å²) in [6.45, 7) is 0.857. The number of carboxylic acids is 1. The van der Waals surface area contributed by atoms with Crippen molar-refractivity contribution in [1.29, 1.82) is 0 Å². The Morgan fingerprint density at radius 3 is 2.75 bits per heavy atom. The van der Waals surface area contributed by atoms with E-state index in [1.807, 2.05) is 0 Å². The normalized spacial score (nSPS) is 19.8. The topological polar surface area (TPSA) is 83.6 Å². The largest absolute Gasteiger partial charge is 0.480 e. The van der Waals surface area contributed by atoms with Crippen molar-refractivity contribution in [2.24, 2.45) is 5.73 Å². The third-order valence-corrected chi connectivity index (χ3v) is 3.61. The minimum Gasteiger partial charge on any atom is -0.480 e. The number of rotatable bonds is 4. The number of carboxylic acid groups (broad SMARTS) is 1. The number of nitrogens with zero attached hydrogens (tertiary/aromatic N) is 1. The SMILES string of the molecule is NC(=O)c1ccc(CN2CCCCC2C(=O)O)c(F)c1. The lowest BCUT2D eigenvalue weighted by molar-refractivity contribution is -0.144. The Labute approximate surface area is 116 Å². The van der Waals surface area contributed by atoms with Crippen LogP contribution in [0.4, 0.5) is 4.39 Å². The number of nitrogens with two attached hydrogens (primary N) is 1. The van der Waals surface area contributed by atoms with Crippen LogP contribution in [0, 0.1) is 5.82 Å². The molecule has 0 aromatic heterocycles. The van der Waals surface area contributed by atoms with E-state index in [-0.39, 0.29) is 12.1 Å². The van der Waals surface area contributed by atoms with Crippen LogP contribution in [0.1, 0.15) is 35.2 Å². The summed E-state index contributed by atoms with van der Waals surface area (Å²) in [5.74, 6) is -2.09. The molecule has 1 unspecified atom stereocenters. The summed E-state index contributed by atoms with van der Waals surface area (Å²) < 4.78 is 13.9. The minimum absolute atomic E-state index is 0.111. The molecule has 1 atom stereocenters. The van der Waals surface area contributed by atoms with Crippen LogP contribution in [0.5, 0.6) is 0 Å². The lowest BCUT2D eigenvalue weighted by atomic mass is 10.0. The van der Waals surface area contributed by atoms with Gasteiger partial charge >= 0.3 is 5.97 Å². The molecule has 1 aromatic rings. The van der Waals surface area contributed by atoms with Gasteiger partial charge in [-0.1, -0.05) is 12.5 Å². The molecule has 1 heterocycles. The van der Waals surface area contributed by atoms with Gasteiger partial charge in [0.05, 0.1) is 0 Å². The Hall–Kier alpha value is -1.95. The summed E-state index contributed by atoms with van der Waals surface area (Å²) in [7, 11) is 0. The number of piperidine rings is 1. The van der Waals surface area contributed by atoms with Crippen molar-refractivity contribution in [3.8, 4) is 0 Å². The number of amides is 1. The van der Waals surface area contributed by atoms with Crippen LogP contribution in [0.25, 0.3) is 0 Å². The standard InChI is InChI=1S/C14H17FN2O3/c15-11-7-9(13(16)18)4-5-10(11)8-17-6-2-1-3-12(17)14(19)20/h4-5,7,12H,1-3,6,8H2,(H2,16,18)(H,19,20). The number of likely N-dealkylation sites (tertiary alicyclic amines) is 1. The lowest BCUT2D eigenvalue weighted by Crippen LogP contribution is -2.44. The van der Waals surface area contributed by atoms with Gasteiger partial charge in [-0.05, 0) is 31.5 Å². The molecule has 0 aliphatic carbocycles. The van der Waals surface area contributed by atoms with E-state index in [1.54, 1.807) is 4.90 Å². The molecule has 2 rings (SSSR count). The monoisotopic (exact) mass is 280 g/mol. The van der Waals surface area contributed by atoms with Crippen molar-refractivity contribution in [1.82, 2.24) is 4.90 Å². The fraction of sp³-hybridized carbons (Fsp3) is 0.429. The van der Waals surface area contributed by atoms with Gasteiger partial charge in [-0.25, -0.2) is 4.39 Å². The molecule has 1 amide bonds. The van der Waals surface area contributed by atoms with Crippen molar-refractivity contribution >= 4 is 11.9 Å². The Morgan fingerprint density at radius 2 is 2.15 bits per heavy atom. The molecule has 3 N–H and O–H groups in total. The second kappa shape index (κ2) is 6.00. The fourth-order valence-electron chi connectivity index (χ4n) is 2.51. The number of carbonyl (C=O) groups is 2. The summed E-state index contributed by atoms with van der Waals surface area (Å²) in [6.07, 6.45) is 2.36. The van der Waals surface area contributed by atoms with Crippen LogP contribution in [0.2, 0.25) is 0 Å². The second-order valence-electron chi connectivity index (χ2n) is 4.99. The van der Waals surface area contributed by atoms with E-state index in [4.69, 9.17) is 5.73 Å². The summed E-state index contributed by atoms with van der Waals surface area (Å²) in [5.41, 5.74) is 5.57. The van der Waals surface area contributed by atoms with Crippen LogP contribution in [0.15, 0.2) is 18.2 Å². The van der Waals surface area contributed by atoms with Crippen LogP contribution in [0.3, 0.4) is 0 Å². The highest BCUT2D eigenvalue weighted by molar-refractivity contribution is 5.92. The van der Waals surface area contributed by atoms with Gasteiger partial charge in [0.2, 0.25) is 5.91 Å². The fourth-order valence-corrected chi connectivity index (χ4v) is 2.51. The molecule has 108 valence electrons. The smallest absolute Gasteiger partial charge is 0.320 e. The maximum atomic E-state index is 13.9. The van der Waals surface area contributed by atoms with Gasteiger partial charge in [-0.2, -0.15) is 0 Å². The minimum atomic E-state index is -0.876. The van der Waals surface area contributed by atoms with Crippen LogP contribution in [-0.2, 0) is 11.3 Å². The van der Waals surface area contributed by atoms with E-state index < -0.39 is 23.7 Å². The first-order chi connectivity index (χ1) is 9.49. The Bertz CT molecular complexity index is 533. The van der Waals surface area contributed by atoms with Gasteiger partial charge in [0.25, 0.3) is 0 Å². The third-order valence-electron chi connectivity index (χ3n) is 3.61. The number of halogens is 1. The van der Waals surface area contributed by atoms with Gasteiger partial charge in [0.15, 0.2) is 0 Å². The predicted octanol–water partition coefficient (Wildman–Crippen LogP) is 1.36. The molecule has 1 aliphatic rings. The average molecular weight is 280 g/mol. The second-order valence-corrected chi connectivity index (χ2v) is 4.99. The number of carbonyl (C=O) groups excluding carboxylic acids is 1. The molecule has 0 saturated carbocycles. The number of benzene rings is 1. The number of aliphatic carboxylic acids is 1. The van der Waals surface area contributed by atoms with Crippen molar-refractivity contribution < 1.29 is 19.1 Å². The highest BCUT2D eigenvalue weighted by Gasteiger charge is 2.28. The maximum Gasteiger partial charge on any atom is 0.320 e. The maximum absolute atomic E-state index is 13.9. The number of hydrogen-bond donors (Lipinski definition) is 2. The van der Waals surface area contributed by atoms with Crippen molar-refractivity contribution in [2.45, 2.75) is 31.8 Å². The van der Waals surface area contributed by atoms with E-state index in [2.05, 4.69) is 0 Å². The lowest BCUT2D eigenvalue weighted by Gasteiger charge is -2.32. The zero-order chi connectivity index (χ0) is 14.7. The quantitative estimate of drug-likeness (QED) is 0.872. The summed E-state index contributed by atoms with van der Waals surface area (Å²) in [6, 6.07) is 3.47. The zero-order valence-corrected chi connectivity index (χ0v) is 11.0. The van der Waals surface area contributed by atoms with Gasteiger partial charge in [-0.3, -0.25) is 14.5 Å². The van der Waals surface area contributed by atoms with E-state index in [9.17, 15) is 19.1 Å². The van der Waals surface area contributed by atoms with Crippen LogP contribution < -0.4 is 5.73 Å². The van der Waals surface area contributed by atoms with Crippen molar-refractivity contribution in [3.05, 3.63) is 35.1 Å². The van der Waals surface area contributed by atoms with Crippen molar-refractivity contribution in [3.63, 3.8) is 0 Å². The number of hydrogen-bond acceptors (Lipinski definition) is 3. The summed E-state index contributed by atoms with van der Waals surface area (Å²) in [5, 5.41) is 9.18. The average Bonchev–Trinajstić information content (AvgIpc) is 2.41. The molecule has 0 bridgehead atoms. The highest BCUT2D eigenvalue weighted by Crippen LogP contribution is 2.21. The third kappa shape index (κ3) is 3.14. The molecule has 0 radical (unpaired) electrons. The Morgan fingerprint density at radius 1 is 1.40 bits per heavy atom. The first-order valence-corrected chi connectivity index (χ1v) is 6.54. The zero-order valence-electron chi connectivity index (χ0n) is 11.0. The van der Waals surface area contributed by atoms with Crippen LogP contribution in [-0.4, -0.2) is 34.5 Å². The van der Waals surface area contributed by atoms with Crippen LogP contribution >= 0.6 is 0 Å². The van der Waals surface area contributed by atoms with E-state index in [0.717, 1.165) is 18.9 Å². The Kier molecular flexibility index (Phi) is 4.34. The molecule has 1 aromatic carbocycles. The van der Waals surface area contributed by atoms with E-state index >= 15 is 0 Å². The highest BCUT2D eigenvalue weighted by atomic mass is 19.1. The molecular weight excluding hydrogens is 263 g/mol. The van der Waals surface area contributed by atoms with Gasteiger partial charge < -0.3 is 10.8 Å².